The summed E-state index contributed by atoms with van der Waals surface area (Å²) in [6, 6.07) is 90.3. The molecule has 8 heterocycles. The van der Waals surface area contributed by atoms with Crippen molar-refractivity contribution in [2.75, 3.05) is 0 Å². The molecule has 0 spiro atoms. The third kappa shape index (κ3) is 17.3. The normalized spacial score (nSPS) is 12.5. The molecule has 0 saturated carbocycles. The molecule has 0 aliphatic heterocycles. The van der Waals surface area contributed by atoms with Crippen molar-refractivity contribution in [2.24, 2.45) is 0 Å². The first-order valence-electron chi connectivity index (χ1n) is 44.9. The number of pyridine rings is 4. The van der Waals surface area contributed by atoms with Crippen LogP contribution >= 0.6 is 58.6 Å². The molecule has 706 valence electrons. The number of fused-ring (bicyclic) bond motifs is 20. The maximum atomic E-state index is 14.0. The van der Waals surface area contributed by atoms with Crippen molar-refractivity contribution in [3.8, 4) is 90.8 Å². The number of para-hydroxylation sites is 4. The molecule has 0 amide bonds. The number of hydrogen-bond donors (Lipinski definition) is 4. The summed E-state index contributed by atoms with van der Waals surface area (Å²) >= 11 is 9.42. The highest BCUT2D eigenvalue weighted by Crippen LogP contribution is 2.49. The minimum absolute atomic E-state index is 0.00282. The average molecular weight is 2000 g/mol. The molecule has 0 bridgehead atoms. The van der Waals surface area contributed by atoms with E-state index >= 15 is 0 Å². The van der Waals surface area contributed by atoms with Gasteiger partial charge >= 0.3 is 28.7 Å². The molecule has 24 rings (SSSR count). The molecule has 143 heavy (non-hydrogen) atoms. The van der Waals surface area contributed by atoms with E-state index in [9.17, 15) is 80.7 Å². The maximum Gasteiger partial charge on any atom is 0.416 e. The molecule has 30 heteroatoms. The van der Waals surface area contributed by atoms with Gasteiger partial charge in [-0.2, -0.15) is 13.2 Å². The first-order chi connectivity index (χ1) is 69.3. The van der Waals surface area contributed by atoms with E-state index < -0.39 is 85.4 Å². The average Bonchev–Trinajstić information content (AvgIpc) is 0.730. The zero-order valence-corrected chi connectivity index (χ0v) is 78.6. The molecule has 20 aromatic rings. The van der Waals surface area contributed by atoms with E-state index in [1.165, 1.54) is 59.2 Å². The van der Waals surface area contributed by atoms with Crippen LogP contribution in [0.3, 0.4) is 0 Å². The Hall–Kier alpha value is -16.2. The van der Waals surface area contributed by atoms with Crippen molar-refractivity contribution >= 4 is 103 Å². The Bertz CT molecular complexity index is 8880. The van der Waals surface area contributed by atoms with E-state index in [1.807, 2.05) is 194 Å². The summed E-state index contributed by atoms with van der Waals surface area (Å²) in [5.74, 6) is -2.76. The summed E-state index contributed by atoms with van der Waals surface area (Å²) in [5, 5.41) is 45.2. The van der Waals surface area contributed by atoms with Crippen LogP contribution in [0.4, 0.5) is 22.0 Å². The van der Waals surface area contributed by atoms with Crippen LogP contribution in [-0.4, -0.2) is 38.7 Å². The minimum atomic E-state index is -4.58. The number of aryl methyl sites for hydroxylation is 8. The predicted molar refractivity (Wildman–Crippen MR) is 543 cm³/mol. The van der Waals surface area contributed by atoms with Gasteiger partial charge in [-0.05, 0) is 207 Å². The summed E-state index contributed by atoms with van der Waals surface area (Å²) in [7, 11) is 0. The van der Waals surface area contributed by atoms with Gasteiger partial charge in [0, 0.05) is 91.9 Å². The van der Waals surface area contributed by atoms with Crippen molar-refractivity contribution in [3.05, 3.63) is 465 Å². The fourth-order valence-electron chi connectivity index (χ4n) is 18.9. The van der Waals surface area contributed by atoms with Crippen molar-refractivity contribution in [3.63, 3.8) is 0 Å². The van der Waals surface area contributed by atoms with E-state index in [0.29, 0.717) is 139 Å². The van der Waals surface area contributed by atoms with Crippen LogP contribution in [0.25, 0.3) is 112 Å². The number of hydrogen-bond acceptors (Lipinski definition) is 20. The second-order valence-electron chi connectivity index (χ2n) is 33.7. The molecule has 4 aliphatic carbocycles. The van der Waals surface area contributed by atoms with Gasteiger partial charge in [-0.1, -0.05) is 241 Å². The van der Waals surface area contributed by atoms with Crippen LogP contribution in [-0.2, 0) is 57.5 Å². The van der Waals surface area contributed by atoms with Gasteiger partial charge in [0.05, 0.1) is 28.3 Å². The molecule has 20 nitrogen and oxygen atoms in total. The Balaban J connectivity index is 0.000000113. The Morgan fingerprint density at radius 2 is 0.531 bits per heavy atom. The van der Waals surface area contributed by atoms with Crippen molar-refractivity contribution in [1.29, 1.82) is 0 Å². The van der Waals surface area contributed by atoms with Crippen LogP contribution in [0.5, 0.6) is 23.0 Å². The standard InChI is InChI=1S/C29H18F3NO4S.C28H18ClNO4S.2C28H18FNO4S/c30-29(31,32)17-8-6-11-19(15-17)38-26-24(34)22-25(37-28(26)36)21-14-13-16-7-4-5-12-20(16)23(21)33(27(22)35)18-9-2-1-3-10-18;29-17-11-13-19(14-12-17)35-26-24(31)22-25(34-28(26)33)21-15-10-16-6-4-5-9-20(16)23(21)30(27(22)32)18-7-2-1-3-8-18;29-17-8-6-11-19(15-17)35-26-24(31)22-25(34-28(26)33)21-14-13-16-7-4-5-12-20(16)23(21)30(27(22)32)18-9-2-1-3-10-18;29-17-11-13-19(14-12-17)35-26-24(31)22-25(34-28(26)33)21-15-10-16-6-4-5-9-20(16)23(21)30(27(22)32)18-7-2-1-3-8-18/h1-12,15,34H,13-14H2;1-9,11-14,31H,10,15H2;1-12,15,31H,13-14H2;1-9,11-14,31H,10,15H2. The van der Waals surface area contributed by atoms with Crippen LogP contribution in [0.1, 0.15) is 50.1 Å². The number of nitrogens with zero attached hydrogens (tertiary/aromatic N) is 4. The predicted octanol–water partition coefficient (Wildman–Crippen LogP) is 24.2. The van der Waals surface area contributed by atoms with E-state index in [2.05, 4.69) is 0 Å². The fourth-order valence-corrected chi connectivity index (χ4v) is 22.4. The summed E-state index contributed by atoms with van der Waals surface area (Å²) in [5.41, 5.74) is 9.95. The van der Waals surface area contributed by atoms with E-state index in [0.717, 1.165) is 104 Å². The lowest BCUT2D eigenvalue weighted by molar-refractivity contribution is -0.137. The Labute approximate surface area is 827 Å². The molecule has 0 atom stereocenters. The Kier molecular flexibility index (Phi) is 25.0. The van der Waals surface area contributed by atoms with Crippen LogP contribution < -0.4 is 44.7 Å². The first-order valence-corrected chi connectivity index (χ1v) is 48.6. The monoisotopic (exact) mass is 2000 g/mol. The number of alkyl halides is 3. The van der Waals surface area contributed by atoms with Crippen LogP contribution in [0, 0.1) is 11.6 Å². The highest BCUT2D eigenvalue weighted by Gasteiger charge is 2.37. The number of aromatic hydroxyl groups is 4. The number of rotatable bonds is 12. The highest BCUT2D eigenvalue weighted by atomic mass is 35.5. The fraction of sp³-hybridized carbons (Fsp3) is 0.0796. The lowest BCUT2D eigenvalue weighted by Gasteiger charge is -2.25. The molecule has 12 aromatic carbocycles. The Morgan fingerprint density at radius 3 is 0.818 bits per heavy atom. The number of benzene rings is 12. The van der Waals surface area contributed by atoms with E-state index in [1.54, 1.807) is 68.3 Å². The van der Waals surface area contributed by atoms with Gasteiger partial charge in [0.15, 0.2) is 45.3 Å². The summed E-state index contributed by atoms with van der Waals surface area (Å²) < 4.78 is 95.8. The molecule has 0 radical (unpaired) electrons. The van der Waals surface area contributed by atoms with Gasteiger partial charge in [-0.25, -0.2) is 28.0 Å². The lowest BCUT2D eigenvalue weighted by Crippen LogP contribution is -2.25. The van der Waals surface area contributed by atoms with Crippen molar-refractivity contribution in [1.82, 2.24) is 18.3 Å². The summed E-state index contributed by atoms with van der Waals surface area (Å²) in [6.07, 6.45) is 0.314. The van der Waals surface area contributed by atoms with Crippen molar-refractivity contribution < 1.29 is 60.0 Å². The summed E-state index contributed by atoms with van der Waals surface area (Å²) in [4.78, 5) is 109. The van der Waals surface area contributed by atoms with Crippen molar-refractivity contribution in [2.45, 2.75) is 96.7 Å². The zero-order valence-electron chi connectivity index (χ0n) is 74.6. The smallest absolute Gasteiger partial charge is 0.416 e. The molecular formula is C113H72ClF5N4O16S4. The highest BCUT2D eigenvalue weighted by molar-refractivity contribution is 8.00. The third-order valence-electron chi connectivity index (χ3n) is 25.2. The van der Waals surface area contributed by atoms with Crippen LogP contribution in [0.2, 0.25) is 5.02 Å². The lowest BCUT2D eigenvalue weighted by atomic mass is 9.87. The minimum Gasteiger partial charge on any atom is -0.505 e. The topological polar surface area (TPSA) is 290 Å². The van der Waals surface area contributed by atoms with Gasteiger partial charge in [0.25, 0.3) is 22.2 Å². The maximum absolute atomic E-state index is 14.0. The molecule has 0 unspecified atom stereocenters. The quantitative estimate of drug-likeness (QED) is 0.0827. The SMILES string of the molecule is O=c1oc2c3c(n(-c4ccccc4)c(=O)c2c(O)c1Sc1ccc(Cl)cc1)-c1ccccc1CC3.O=c1oc2c3c(n(-c4ccccc4)c(=O)c2c(O)c1Sc1ccc(F)cc1)-c1ccccc1CC3.O=c1oc2c3c(n(-c4ccccc4)c(=O)c2c(O)c1Sc1cccc(C(F)(F)F)c1)-c1ccccc1CC3.O=c1oc2c3c(n(-c4ccccc4)c(=O)c2c(O)c1Sc1cccc(F)c1)-c1ccccc1CC3. The molecule has 8 aromatic heterocycles. The number of aromatic nitrogens is 4. The number of halogens is 6. The molecule has 4 N–H and O–H groups in total. The van der Waals surface area contributed by atoms with E-state index in [-0.39, 0.29) is 74.1 Å². The third-order valence-corrected chi connectivity index (χ3v) is 29.7. The second-order valence-corrected chi connectivity index (χ2v) is 38.5. The first kappa shape index (κ1) is 93.1. The van der Waals surface area contributed by atoms with Gasteiger partial charge in [0.2, 0.25) is 0 Å². The Morgan fingerprint density at radius 1 is 0.273 bits per heavy atom. The molecule has 0 saturated heterocycles. The van der Waals surface area contributed by atoms with Gasteiger partial charge < -0.3 is 38.1 Å². The van der Waals surface area contributed by atoms with Gasteiger partial charge in [-0.3, -0.25) is 37.4 Å². The largest absolute Gasteiger partial charge is 0.505 e. The zero-order chi connectivity index (χ0) is 98.9. The molecule has 0 fully saturated rings. The van der Waals surface area contributed by atoms with Crippen LogP contribution in [0.15, 0.2) is 411 Å². The summed E-state index contributed by atoms with van der Waals surface area (Å²) in [6.45, 7) is 0. The van der Waals surface area contributed by atoms with Gasteiger partial charge in [-0.15, -0.1) is 0 Å². The van der Waals surface area contributed by atoms with Gasteiger partial charge in [0.1, 0.15) is 52.8 Å². The molecular weight excluding hydrogens is 1930 g/mol. The van der Waals surface area contributed by atoms with E-state index in [4.69, 9.17) is 29.3 Å². The second kappa shape index (κ2) is 38.4. The molecule has 4 aliphatic rings.